The van der Waals surface area contributed by atoms with E-state index in [1.54, 1.807) is 31.4 Å². The third kappa shape index (κ3) is 5.81. The van der Waals surface area contributed by atoms with E-state index in [-0.39, 0.29) is 29.8 Å². The normalized spacial score (nSPS) is 15.3. The quantitative estimate of drug-likeness (QED) is 0.603. The van der Waals surface area contributed by atoms with E-state index in [1.165, 1.54) is 0 Å². The molecule has 158 valence electrons. The van der Waals surface area contributed by atoms with Gasteiger partial charge in [-0.3, -0.25) is 14.4 Å². The van der Waals surface area contributed by atoms with Crippen LogP contribution in [0.15, 0.2) is 48.5 Å². The number of anilines is 1. The van der Waals surface area contributed by atoms with Gasteiger partial charge in [0.2, 0.25) is 0 Å². The van der Waals surface area contributed by atoms with Crippen LogP contribution >= 0.6 is 0 Å². The van der Waals surface area contributed by atoms with Crippen LogP contribution in [0, 0.1) is 0 Å². The Morgan fingerprint density at radius 2 is 1.90 bits per heavy atom. The summed E-state index contributed by atoms with van der Waals surface area (Å²) in [5, 5.41) is 7.88. The van der Waals surface area contributed by atoms with Crippen molar-refractivity contribution in [1.29, 1.82) is 0 Å². The lowest BCUT2D eigenvalue weighted by Crippen LogP contribution is -2.39. The van der Waals surface area contributed by atoms with Crippen molar-refractivity contribution in [3.63, 3.8) is 0 Å². The van der Waals surface area contributed by atoms with Crippen molar-refractivity contribution < 1.29 is 23.9 Å². The molecule has 2 aromatic carbocycles. The molecule has 0 unspecified atom stereocenters. The lowest BCUT2D eigenvalue weighted by atomic mass is 10.1. The van der Waals surface area contributed by atoms with Gasteiger partial charge in [0.15, 0.2) is 0 Å². The summed E-state index contributed by atoms with van der Waals surface area (Å²) in [6.45, 7) is 1.25. The Hall–Kier alpha value is -3.39. The number of para-hydroxylation sites is 1. The van der Waals surface area contributed by atoms with Crippen molar-refractivity contribution in [2.24, 2.45) is 0 Å². The maximum Gasteiger partial charge on any atom is 0.313 e. The molecule has 3 N–H and O–H groups in total. The number of carbonyl (C=O) groups excluding carboxylic acids is 3. The minimum atomic E-state index is -0.832. The van der Waals surface area contributed by atoms with Gasteiger partial charge in [-0.2, -0.15) is 0 Å². The number of amides is 3. The highest BCUT2D eigenvalue weighted by molar-refractivity contribution is 6.40. The number of carbonyl (C=O) groups is 3. The number of hydrogen-bond acceptors (Lipinski definition) is 5. The lowest BCUT2D eigenvalue weighted by molar-refractivity contribution is -0.136. The van der Waals surface area contributed by atoms with Crippen LogP contribution in [-0.4, -0.2) is 44.1 Å². The fourth-order valence-electron chi connectivity index (χ4n) is 3.12. The van der Waals surface area contributed by atoms with Crippen LogP contribution in [-0.2, 0) is 20.9 Å². The molecule has 1 fully saturated rings. The maximum absolute atomic E-state index is 12.6. The van der Waals surface area contributed by atoms with E-state index in [1.807, 2.05) is 24.3 Å². The molecule has 1 atom stereocenters. The van der Waals surface area contributed by atoms with Crippen molar-refractivity contribution in [1.82, 2.24) is 10.6 Å². The zero-order valence-electron chi connectivity index (χ0n) is 16.8. The van der Waals surface area contributed by atoms with Gasteiger partial charge in [0.05, 0.1) is 24.5 Å². The summed E-state index contributed by atoms with van der Waals surface area (Å²) >= 11 is 0. The van der Waals surface area contributed by atoms with Crippen LogP contribution in [0.25, 0.3) is 0 Å². The first-order valence-corrected chi connectivity index (χ1v) is 9.77. The molecule has 8 heteroatoms. The first-order chi connectivity index (χ1) is 14.6. The first kappa shape index (κ1) is 21.3. The van der Waals surface area contributed by atoms with Crippen LogP contribution in [0.3, 0.4) is 0 Å². The van der Waals surface area contributed by atoms with Crippen molar-refractivity contribution in [3.8, 4) is 5.75 Å². The fraction of sp³-hybridized carbons (Fsp3) is 0.318. The van der Waals surface area contributed by atoms with Gasteiger partial charge in [0, 0.05) is 19.7 Å². The van der Waals surface area contributed by atoms with Crippen molar-refractivity contribution in [2.45, 2.75) is 25.5 Å². The average molecular weight is 411 g/mol. The topological polar surface area (TPSA) is 106 Å². The van der Waals surface area contributed by atoms with Crippen LogP contribution in [0.5, 0.6) is 5.75 Å². The highest BCUT2D eigenvalue weighted by Gasteiger charge is 2.21. The molecular formula is C22H25N3O5. The molecular weight excluding hydrogens is 386 g/mol. The second-order valence-electron chi connectivity index (χ2n) is 6.88. The van der Waals surface area contributed by atoms with Crippen LogP contribution < -0.4 is 20.7 Å². The molecule has 1 heterocycles. The van der Waals surface area contributed by atoms with E-state index < -0.39 is 11.8 Å². The monoisotopic (exact) mass is 411 g/mol. The van der Waals surface area contributed by atoms with Gasteiger partial charge in [-0.1, -0.05) is 24.3 Å². The lowest BCUT2D eigenvalue weighted by Gasteiger charge is -2.13. The molecule has 2 aromatic rings. The minimum Gasteiger partial charge on any atom is -0.497 e. The molecule has 1 aliphatic rings. The summed E-state index contributed by atoms with van der Waals surface area (Å²) in [6, 6.07) is 13.9. The molecule has 1 saturated heterocycles. The molecule has 0 bridgehead atoms. The summed E-state index contributed by atoms with van der Waals surface area (Å²) in [5.41, 5.74) is 1.40. The largest absolute Gasteiger partial charge is 0.497 e. The van der Waals surface area contributed by atoms with Gasteiger partial charge in [0.25, 0.3) is 5.91 Å². The van der Waals surface area contributed by atoms with Gasteiger partial charge in [-0.25, -0.2) is 0 Å². The van der Waals surface area contributed by atoms with Crippen molar-refractivity contribution in [2.75, 3.05) is 25.6 Å². The van der Waals surface area contributed by atoms with E-state index >= 15 is 0 Å². The van der Waals surface area contributed by atoms with E-state index in [4.69, 9.17) is 9.47 Å². The van der Waals surface area contributed by atoms with Crippen molar-refractivity contribution in [3.05, 3.63) is 59.7 Å². The molecule has 1 aliphatic heterocycles. The van der Waals surface area contributed by atoms with E-state index in [0.29, 0.717) is 18.9 Å². The second-order valence-corrected chi connectivity index (χ2v) is 6.88. The first-order valence-electron chi connectivity index (χ1n) is 9.77. The Labute approximate surface area is 174 Å². The predicted octanol–water partition coefficient (Wildman–Crippen LogP) is 1.86. The van der Waals surface area contributed by atoms with Crippen molar-refractivity contribution >= 4 is 23.4 Å². The molecule has 0 aliphatic carbocycles. The van der Waals surface area contributed by atoms with E-state index in [2.05, 4.69) is 16.0 Å². The smallest absolute Gasteiger partial charge is 0.313 e. The zero-order valence-corrected chi connectivity index (χ0v) is 16.8. The number of ether oxygens (including phenoxy) is 2. The second kappa shape index (κ2) is 10.4. The molecule has 3 amide bonds. The number of methoxy groups -OCH3 is 1. The number of rotatable bonds is 7. The number of nitrogens with one attached hydrogen (secondary N) is 3. The van der Waals surface area contributed by atoms with E-state index in [0.717, 1.165) is 18.4 Å². The Balaban J connectivity index is 1.57. The summed E-state index contributed by atoms with van der Waals surface area (Å²) in [6.07, 6.45) is 1.75. The Morgan fingerprint density at radius 1 is 1.07 bits per heavy atom. The number of benzene rings is 2. The molecule has 0 radical (unpaired) electrons. The summed E-state index contributed by atoms with van der Waals surface area (Å²) in [5.74, 6) is -1.27. The minimum absolute atomic E-state index is 0.0589. The van der Waals surface area contributed by atoms with E-state index in [9.17, 15) is 14.4 Å². The van der Waals surface area contributed by atoms with Gasteiger partial charge >= 0.3 is 11.8 Å². The van der Waals surface area contributed by atoms with Crippen LogP contribution in [0.1, 0.15) is 28.8 Å². The third-order valence-electron chi connectivity index (χ3n) is 4.73. The molecule has 0 spiro atoms. The summed E-state index contributed by atoms with van der Waals surface area (Å²) in [7, 11) is 1.58. The highest BCUT2D eigenvalue weighted by atomic mass is 16.5. The van der Waals surface area contributed by atoms with Crippen LogP contribution in [0.2, 0.25) is 0 Å². The van der Waals surface area contributed by atoms with Gasteiger partial charge in [-0.05, 0) is 42.7 Å². The SMILES string of the molecule is COc1cccc(CNC(=O)c2ccccc2NC(=O)C(=O)NC[C@H]2CCCO2)c1. The molecule has 8 nitrogen and oxygen atoms in total. The maximum atomic E-state index is 12.6. The van der Waals surface area contributed by atoms with Crippen LogP contribution in [0.4, 0.5) is 5.69 Å². The molecule has 0 saturated carbocycles. The van der Waals surface area contributed by atoms with Gasteiger partial charge < -0.3 is 25.4 Å². The molecule has 3 rings (SSSR count). The van der Waals surface area contributed by atoms with Gasteiger partial charge in [0.1, 0.15) is 5.75 Å². The average Bonchev–Trinajstić information content (AvgIpc) is 3.30. The Kier molecular flexibility index (Phi) is 7.40. The summed E-state index contributed by atoms with van der Waals surface area (Å²) < 4.78 is 10.6. The summed E-state index contributed by atoms with van der Waals surface area (Å²) in [4.78, 5) is 36.9. The van der Waals surface area contributed by atoms with Gasteiger partial charge in [-0.15, -0.1) is 0 Å². The predicted molar refractivity (Wildman–Crippen MR) is 111 cm³/mol. The fourth-order valence-corrected chi connectivity index (χ4v) is 3.12. The Morgan fingerprint density at radius 3 is 2.67 bits per heavy atom. The highest BCUT2D eigenvalue weighted by Crippen LogP contribution is 2.16. The molecule has 0 aromatic heterocycles. The number of hydrogen-bond donors (Lipinski definition) is 3. The third-order valence-corrected chi connectivity index (χ3v) is 4.73. The Bertz CT molecular complexity index is 909. The zero-order chi connectivity index (χ0) is 21.3. The molecule has 30 heavy (non-hydrogen) atoms. The standard InChI is InChI=1S/C22H25N3O5/c1-29-16-7-4-6-15(12-16)13-23-20(26)18-9-2-3-10-19(18)25-22(28)21(27)24-14-17-8-5-11-30-17/h2-4,6-7,9-10,12,17H,5,8,11,13-14H2,1H3,(H,23,26)(H,24,27)(H,25,28)/t17-/m1/s1.